The average molecular weight is 222 g/mol. The van der Waals surface area contributed by atoms with Gasteiger partial charge in [0.25, 0.3) is 0 Å². The van der Waals surface area contributed by atoms with Gasteiger partial charge in [0, 0.05) is 16.2 Å². The van der Waals surface area contributed by atoms with E-state index in [9.17, 15) is 4.79 Å². The lowest BCUT2D eigenvalue weighted by Gasteiger charge is -2.00. The number of Topliss-reactive ketones (excluding diaryl/α,β-unsaturated/α-hetero) is 1. The maximum absolute atomic E-state index is 11.8. The molecule has 0 saturated heterocycles. The van der Waals surface area contributed by atoms with E-state index in [1.54, 1.807) is 11.3 Å². The summed E-state index contributed by atoms with van der Waals surface area (Å²) in [4.78, 5) is 14.4. The molecule has 0 N–H and O–H groups in total. The van der Waals surface area contributed by atoms with Crippen LogP contribution in [0.15, 0.2) is 23.8 Å². The molecule has 0 aliphatic carbocycles. The minimum absolute atomic E-state index is 0.268. The molecule has 1 aromatic heterocycles. The minimum atomic E-state index is 0.268. The monoisotopic (exact) mass is 222 g/mol. The molecule has 0 fully saturated rings. The smallest absolute Gasteiger partial charge is 0.163 e. The number of allylic oxidation sites excluding steroid dienone is 2. The van der Waals surface area contributed by atoms with Crippen LogP contribution in [0, 0.1) is 0 Å². The lowest BCUT2D eigenvalue weighted by atomic mass is 10.1. The minimum Gasteiger partial charge on any atom is -0.294 e. The lowest BCUT2D eigenvalue weighted by Crippen LogP contribution is -2.04. The van der Waals surface area contributed by atoms with E-state index in [0.717, 1.165) is 18.4 Å². The van der Waals surface area contributed by atoms with Crippen LogP contribution in [0.5, 0.6) is 0 Å². The van der Waals surface area contributed by atoms with Crippen molar-refractivity contribution in [3.8, 4) is 0 Å². The highest BCUT2D eigenvalue weighted by Gasteiger charge is 2.09. The van der Waals surface area contributed by atoms with Crippen molar-refractivity contribution in [3.05, 3.63) is 33.5 Å². The van der Waals surface area contributed by atoms with Gasteiger partial charge in [-0.3, -0.25) is 4.79 Å². The third kappa shape index (κ3) is 3.31. The Morgan fingerprint density at radius 3 is 2.47 bits per heavy atom. The molecule has 1 rings (SSSR count). The fourth-order valence-electron chi connectivity index (χ4n) is 1.54. The van der Waals surface area contributed by atoms with Gasteiger partial charge in [-0.15, -0.1) is 11.3 Å². The predicted octanol–water partition coefficient (Wildman–Crippen LogP) is 3.78. The van der Waals surface area contributed by atoms with E-state index >= 15 is 0 Å². The Labute approximate surface area is 95.8 Å². The fraction of sp³-hybridized carbons (Fsp3) is 0.462. The van der Waals surface area contributed by atoms with Crippen molar-refractivity contribution in [2.24, 2.45) is 0 Å². The second-order valence-corrected chi connectivity index (χ2v) is 4.74. The third-order valence-corrected chi connectivity index (χ3v) is 3.72. The summed E-state index contributed by atoms with van der Waals surface area (Å²) in [5.41, 5.74) is 0.946. The molecular formula is C13H18OS. The molecule has 0 aromatic carbocycles. The second-order valence-electron chi connectivity index (χ2n) is 3.49. The van der Waals surface area contributed by atoms with Crippen LogP contribution in [0.1, 0.15) is 36.9 Å². The third-order valence-electron chi connectivity index (χ3n) is 2.49. The summed E-state index contributed by atoms with van der Waals surface area (Å²) >= 11 is 1.75. The zero-order valence-corrected chi connectivity index (χ0v) is 10.5. The Hall–Kier alpha value is -0.890. The van der Waals surface area contributed by atoms with Crippen molar-refractivity contribution < 1.29 is 4.79 Å². The summed E-state index contributed by atoms with van der Waals surface area (Å²) in [6.45, 7) is 6.10. The summed E-state index contributed by atoms with van der Waals surface area (Å²) in [7, 11) is 0. The molecule has 2 heteroatoms. The van der Waals surface area contributed by atoms with Gasteiger partial charge in [0.05, 0.1) is 0 Å². The van der Waals surface area contributed by atoms with Gasteiger partial charge in [0.1, 0.15) is 0 Å². The summed E-state index contributed by atoms with van der Waals surface area (Å²) in [5.74, 6) is 0.268. The Morgan fingerprint density at radius 1 is 1.33 bits per heavy atom. The maximum atomic E-state index is 11.8. The van der Waals surface area contributed by atoms with E-state index < -0.39 is 0 Å². The normalized spacial score (nSPS) is 11.8. The molecule has 0 aliphatic heterocycles. The molecule has 0 radical (unpaired) electrons. The van der Waals surface area contributed by atoms with Gasteiger partial charge in [-0.05, 0) is 37.5 Å². The molecule has 82 valence electrons. The number of ketones is 1. The van der Waals surface area contributed by atoms with Crippen LogP contribution in [-0.4, -0.2) is 5.78 Å². The summed E-state index contributed by atoms with van der Waals surface area (Å²) in [5, 5.41) is 0. The van der Waals surface area contributed by atoms with Crippen molar-refractivity contribution in [2.75, 3.05) is 0 Å². The quantitative estimate of drug-likeness (QED) is 0.693. The molecule has 0 bridgehead atoms. The van der Waals surface area contributed by atoms with E-state index in [4.69, 9.17) is 0 Å². The standard InChI is InChI=1S/C13H18OS/c1-4-10(5-2)13(14)9-12-8-7-11(6-3)15-12/h4,7-8H,5-6,9H2,1-3H3/b10-4-. The molecule has 0 aliphatic rings. The van der Waals surface area contributed by atoms with Gasteiger partial charge in [0.2, 0.25) is 0 Å². The second kappa shape index (κ2) is 5.86. The summed E-state index contributed by atoms with van der Waals surface area (Å²) < 4.78 is 0. The molecule has 0 spiro atoms. The highest BCUT2D eigenvalue weighted by molar-refractivity contribution is 7.12. The highest BCUT2D eigenvalue weighted by atomic mass is 32.1. The lowest BCUT2D eigenvalue weighted by molar-refractivity contribution is -0.115. The average Bonchev–Trinajstić information content (AvgIpc) is 2.67. The number of rotatable bonds is 5. The van der Waals surface area contributed by atoms with Crippen LogP contribution < -0.4 is 0 Å². The van der Waals surface area contributed by atoms with Crippen molar-refractivity contribution in [1.29, 1.82) is 0 Å². The number of thiophene rings is 1. The molecule has 0 atom stereocenters. The van der Waals surface area contributed by atoms with Crippen LogP contribution in [0.2, 0.25) is 0 Å². The van der Waals surface area contributed by atoms with Crippen LogP contribution >= 0.6 is 11.3 Å². The molecule has 15 heavy (non-hydrogen) atoms. The van der Waals surface area contributed by atoms with Crippen molar-refractivity contribution in [2.45, 2.75) is 40.0 Å². The summed E-state index contributed by atoms with van der Waals surface area (Å²) in [6, 6.07) is 4.19. The first-order valence-electron chi connectivity index (χ1n) is 5.47. The number of carbonyl (C=O) groups is 1. The van der Waals surface area contributed by atoms with E-state index in [1.165, 1.54) is 9.75 Å². The Bertz CT molecular complexity index is 360. The van der Waals surface area contributed by atoms with Gasteiger partial charge >= 0.3 is 0 Å². The first kappa shape index (κ1) is 12.2. The van der Waals surface area contributed by atoms with Gasteiger partial charge in [-0.25, -0.2) is 0 Å². The Balaban J connectivity index is 2.66. The van der Waals surface area contributed by atoms with Crippen molar-refractivity contribution in [1.82, 2.24) is 0 Å². The van der Waals surface area contributed by atoms with E-state index in [2.05, 4.69) is 19.1 Å². The van der Waals surface area contributed by atoms with Gasteiger partial charge in [-0.2, -0.15) is 0 Å². The maximum Gasteiger partial charge on any atom is 0.163 e. The van der Waals surface area contributed by atoms with E-state index in [0.29, 0.717) is 6.42 Å². The van der Waals surface area contributed by atoms with Crippen LogP contribution in [0.25, 0.3) is 0 Å². The Kier molecular flexibility index (Phi) is 4.76. The zero-order valence-electron chi connectivity index (χ0n) is 9.67. The predicted molar refractivity (Wildman–Crippen MR) is 66.5 cm³/mol. The molecular weight excluding hydrogens is 204 g/mol. The topological polar surface area (TPSA) is 17.1 Å². The molecule has 1 heterocycles. The number of aryl methyl sites for hydroxylation is 1. The van der Waals surface area contributed by atoms with Crippen LogP contribution in [0.4, 0.5) is 0 Å². The van der Waals surface area contributed by atoms with Gasteiger partial charge < -0.3 is 0 Å². The number of hydrogen-bond donors (Lipinski definition) is 0. The van der Waals surface area contributed by atoms with Crippen LogP contribution in [0.3, 0.4) is 0 Å². The number of carbonyl (C=O) groups excluding carboxylic acids is 1. The first-order valence-corrected chi connectivity index (χ1v) is 6.28. The van der Waals surface area contributed by atoms with E-state index in [-0.39, 0.29) is 5.78 Å². The SMILES string of the molecule is C/C=C(/CC)C(=O)Cc1ccc(CC)s1. The summed E-state index contributed by atoms with van der Waals surface area (Å²) in [6.07, 6.45) is 4.39. The first-order chi connectivity index (χ1) is 7.21. The molecule has 0 unspecified atom stereocenters. The van der Waals surface area contributed by atoms with Gasteiger partial charge in [-0.1, -0.05) is 19.9 Å². The largest absolute Gasteiger partial charge is 0.294 e. The van der Waals surface area contributed by atoms with E-state index in [1.807, 2.05) is 19.9 Å². The Morgan fingerprint density at radius 2 is 2.00 bits per heavy atom. The molecule has 0 saturated carbocycles. The molecule has 0 amide bonds. The van der Waals surface area contributed by atoms with Crippen molar-refractivity contribution >= 4 is 17.1 Å². The molecule has 1 nitrogen and oxygen atoms in total. The van der Waals surface area contributed by atoms with Crippen molar-refractivity contribution in [3.63, 3.8) is 0 Å². The highest BCUT2D eigenvalue weighted by Crippen LogP contribution is 2.19. The zero-order chi connectivity index (χ0) is 11.3. The molecule has 1 aromatic rings. The van der Waals surface area contributed by atoms with Crippen LogP contribution in [-0.2, 0) is 17.6 Å². The fourth-order valence-corrected chi connectivity index (χ4v) is 2.50. The van der Waals surface area contributed by atoms with Gasteiger partial charge in [0.15, 0.2) is 5.78 Å². The number of hydrogen-bond acceptors (Lipinski definition) is 2.